The Morgan fingerprint density at radius 2 is 2.07 bits per heavy atom. The van der Waals surface area contributed by atoms with Crippen LogP contribution < -0.4 is 16.0 Å². The van der Waals surface area contributed by atoms with Crippen LogP contribution in [0.15, 0.2) is 0 Å². The fourth-order valence-electron chi connectivity index (χ4n) is 1.55. The molecule has 0 aromatic carbocycles. The second-order valence-electron chi connectivity index (χ2n) is 3.20. The van der Waals surface area contributed by atoms with E-state index in [0.717, 1.165) is 29.5 Å². The molecule has 14 heavy (non-hydrogen) atoms. The lowest BCUT2D eigenvalue weighted by Gasteiger charge is -2.04. The first-order chi connectivity index (χ1) is 6.77. The van der Waals surface area contributed by atoms with Crippen molar-refractivity contribution in [1.82, 2.24) is 15.3 Å². The Balaban J connectivity index is 0.000000461. The molecular weight excluding hydrogens is 174 g/mol. The number of H-pyrrole nitrogens is 1. The Morgan fingerprint density at radius 1 is 1.36 bits per heavy atom. The molecule has 1 fully saturated rings. The maximum Gasteiger partial charge on any atom is 0.124 e. The van der Waals surface area contributed by atoms with Gasteiger partial charge in [-0.1, -0.05) is 27.0 Å². The zero-order valence-corrected chi connectivity index (χ0v) is 9.06. The molecule has 0 amide bonds. The lowest BCUT2D eigenvalue weighted by molar-refractivity contribution is 0.611. The molecule has 0 bridgehead atoms. The van der Waals surface area contributed by atoms with Crippen LogP contribution in [0, 0.1) is 0 Å². The average Bonchev–Trinajstić information content (AvgIpc) is 2.80. The molecule has 1 saturated heterocycles. The van der Waals surface area contributed by atoms with Crippen LogP contribution in [0.5, 0.6) is 0 Å². The molecule has 1 atom stereocenters. The smallest absolute Gasteiger partial charge is 0.124 e. The summed E-state index contributed by atoms with van der Waals surface area (Å²) < 4.78 is 0. The Kier molecular flexibility index (Phi) is 3.89. The first-order valence-corrected chi connectivity index (χ1v) is 5.24. The van der Waals surface area contributed by atoms with Gasteiger partial charge in [-0.3, -0.25) is 0 Å². The van der Waals surface area contributed by atoms with E-state index < -0.39 is 0 Å². The first kappa shape index (κ1) is 11.0. The Labute approximate surface area is 85.0 Å². The van der Waals surface area contributed by atoms with Gasteiger partial charge in [0.15, 0.2) is 0 Å². The largest absolute Gasteiger partial charge is 0.341 e. The van der Waals surface area contributed by atoms with Gasteiger partial charge in [0.25, 0.3) is 0 Å². The van der Waals surface area contributed by atoms with Gasteiger partial charge in [0.05, 0.1) is 16.7 Å². The maximum absolute atomic E-state index is 4.30. The van der Waals surface area contributed by atoms with Crippen LogP contribution in [0.4, 0.5) is 0 Å². The molecule has 0 spiro atoms. The van der Waals surface area contributed by atoms with Crippen LogP contribution in [0.3, 0.4) is 0 Å². The molecular formula is C11H19N3. The lowest BCUT2D eigenvalue weighted by atomic mass is 10.2. The topological polar surface area (TPSA) is 40.7 Å². The van der Waals surface area contributed by atoms with E-state index in [-0.39, 0.29) is 0 Å². The predicted octanol–water partition coefficient (Wildman–Crippen LogP) is 0.681. The molecule has 1 aromatic rings. The third-order valence-electron chi connectivity index (χ3n) is 2.27. The van der Waals surface area contributed by atoms with Gasteiger partial charge in [-0.25, -0.2) is 4.98 Å². The number of nitrogens with zero attached hydrogens (tertiary/aromatic N) is 1. The minimum absolute atomic E-state index is 0.390. The molecule has 3 nitrogen and oxygen atoms in total. The van der Waals surface area contributed by atoms with Crippen LogP contribution in [0.25, 0.3) is 13.2 Å². The van der Waals surface area contributed by atoms with Crippen LogP contribution >= 0.6 is 0 Å². The molecule has 1 aliphatic heterocycles. The van der Waals surface area contributed by atoms with Crippen molar-refractivity contribution in [3.05, 3.63) is 16.5 Å². The van der Waals surface area contributed by atoms with Crippen molar-refractivity contribution in [2.75, 3.05) is 6.54 Å². The van der Waals surface area contributed by atoms with E-state index in [1.165, 1.54) is 6.42 Å². The van der Waals surface area contributed by atoms with E-state index in [4.69, 9.17) is 0 Å². The second-order valence-corrected chi connectivity index (χ2v) is 3.20. The molecule has 2 heterocycles. The molecule has 0 saturated carbocycles. The predicted molar refractivity (Wildman–Crippen MR) is 60.2 cm³/mol. The molecule has 0 aliphatic carbocycles. The van der Waals surface area contributed by atoms with E-state index in [0.29, 0.717) is 6.04 Å². The molecule has 3 heteroatoms. The van der Waals surface area contributed by atoms with Gasteiger partial charge in [0, 0.05) is 0 Å². The SMILES string of the molecule is C=c1nc(C2CCCN2)[nH]c1=C.CC. The van der Waals surface area contributed by atoms with Crippen LogP contribution in [-0.2, 0) is 0 Å². The van der Waals surface area contributed by atoms with Crippen molar-refractivity contribution in [2.24, 2.45) is 0 Å². The van der Waals surface area contributed by atoms with Crippen molar-refractivity contribution in [2.45, 2.75) is 32.7 Å². The number of hydrogen-bond donors (Lipinski definition) is 2. The van der Waals surface area contributed by atoms with E-state index in [9.17, 15) is 0 Å². The van der Waals surface area contributed by atoms with Gasteiger partial charge in [0.2, 0.25) is 0 Å². The third-order valence-corrected chi connectivity index (χ3v) is 2.27. The summed E-state index contributed by atoms with van der Waals surface area (Å²) in [6.45, 7) is 12.7. The highest BCUT2D eigenvalue weighted by atomic mass is 15.0. The summed E-state index contributed by atoms with van der Waals surface area (Å²) >= 11 is 0. The summed E-state index contributed by atoms with van der Waals surface area (Å²) in [6, 6.07) is 0.390. The van der Waals surface area contributed by atoms with Crippen LogP contribution in [-0.4, -0.2) is 16.5 Å². The van der Waals surface area contributed by atoms with Crippen LogP contribution in [0.2, 0.25) is 0 Å². The summed E-state index contributed by atoms with van der Waals surface area (Å²) in [5, 5.41) is 4.96. The molecule has 1 aliphatic rings. The minimum atomic E-state index is 0.390. The zero-order chi connectivity index (χ0) is 10.6. The number of imidazole rings is 1. The van der Waals surface area contributed by atoms with Crippen molar-refractivity contribution >= 4 is 13.2 Å². The van der Waals surface area contributed by atoms with Gasteiger partial charge in [-0.2, -0.15) is 0 Å². The van der Waals surface area contributed by atoms with Gasteiger partial charge >= 0.3 is 0 Å². The van der Waals surface area contributed by atoms with E-state index in [1.807, 2.05) is 13.8 Å². The average molecular weight is 193 g/mol. The highest BCUT2D eigenvalue weighted by Crippen LogP contribution is 2.17. The summed E-state index contributed by atoms with van der Waals surface area (Å²) in [6.07, 6.45) is 2.39. The number of aromatic nitrogens is 2. The molecule has 0 radical (unpaired) electrons. The second kappa shape index (κ2) is 4.96. The monoisotopic (exact) mass is 193 g/mol. The summed E-state index contributed by atoms with van der Waals surface area (Å²) in [5.41, 5.74) is 0. The molecule has 78 valence electrons. The fourth-order valence-corrected chi connectivity index (χ4v) is 1.55. The summed E-state index contributed by atoms with van der Waals surface area (Å²) in [4.78, 5) is 7.44. The highest BCUT2D eigenvalue weighted by molar-refractivity contribution is 5.08. The molecule has 2 rings (SSSR count). The fraction of sp³-hybridized carbons (Fsp3) is 0.545. The molecule has 1 aromatic heterocycles. The van der Waals surface area contributed by atoms with Gasteiger partial charge in [0.1, 0.15) is 5.82 Å². The number of nitrogens with one attached hydrogen (secondary N) is 2. The molecule has 2 N–H and O–H groups in total. The number of aromatic amines is 1. The van der Waals surface area contributed by atoms with E-state index in [2.05, 4.69) is 28.4 Å². The Bertz CT molecular complexity index is 333. The number of rotatable bonds is 1. The number of hydrogen-bond acceptors (Lipinski definition) is 2. The zero-order valence-electron chi connectivity index (χ0n) is 9.06. The van der Waals surface area contributed by atoms with Gasteiger partial charge in [-0.05, 0) is 19.4 Å². The van der Waals surface area contributed by atoms with Crippen molar-refractivity contribution in [3.63, 3.8) is 0 Å². The first-order valence-electron chi connectivity index (χ1n) is 5.24. The Morgan fingerprint density at radius 3 is 2.50 bits per heavy atom. The summed E-state index contributed by atoms with van der Waals surface area (Å²) in [5.74, 6) is 0.988. The van der Waals surface area contributed by atoms with Crippen molar-refractivity contribution < 1.29 is 0 Å². The summed E-state index contributed by atoms with van der Waals surface area (Å²) in [7, 11) is 0. The van der Waals surface area contributed by atoms with E-state index >= 15 is 0 Å². The Hall–Kier alpha value is -1.09. The maximum atomic E-state index is 4.30. The molecule has 1 unspecified atom stereocenters. The lowest BCUT2D eigenvalue weighted by Crippen LogP contribution is -2.19. The van der Waals surface area contributed by atoms with Crippen molar-refractivity contribution in [3.8, 4) is 0 Å². The highest BCUT2D eigenvalue weighted by Gasteiger charge is 2.18. The standard InChI is InChI=1S/C9H13N3.C2H6/c1-6-7(2)12-9(11-6)8-4-3-5-10-8;1-2/h8,10H,1-5H2,(H,11,12);1-2H3. The third kappa shape index (κ3) is 2.23. The van der Waals surface area contributed by atoms with Gasteiger partial charge < -0.3 is 10.3 Å². The normalized spacial score (nSPS) is 20.3. The van der Waals surface area contributed by atoms with Crippen LogP contribution in [0.1, 0.15) is 38.6 Å². The van der Waals surface area contributed by atoms with E-state index in [1.54, 1.807) is 0 Å². The quantitative estimate of drug-likeness (QED) is 0.688. The van der Waals surface area contributed by atoms with Gasteiger partial charge in [-0.15, -0.1) is 0 Å². The van der Waals surface area contributed by atoms with Crippen molar-refractivity contribution in [1.29, 1.82) is 0 Å². The minimum Gasteiger partial charge on any atom is -0.341 e.